The van der Waals surface area contributed by atoms with Crippen molar-refractivity contribution in [3.05, 3.63) is 92.0 Å². The zero-order valence-corrected chi connectivity index (χ0v) is 45.2. The minimum atomic E-state index is -1.98. The number of fused-ring (bicyclic) bond motifs is 5. The van der Waals surface area contributed by atoms with E-state index in [0.717, 1.165) is 0 Å². The molecular formula is C57H68N4O17. The third-order valence-electron chi connectivity index (χ3n) is 15.3. The Balaban J connectivity index is 1.29. The molecule has 21 heteroatoms. The number of hydrogen-bond donors (Lipinski definition) is 5. The summed E-state index contributed by atoms with van der Waals surface area (Å²) in [5, 5.41) is 49.3. The van der Waals surface area contributed by atoms with Crippen LogP contribution < -0.4 is 31.0 Å². The number of benzene rings is 3. The fourth-order valence-corrected chi connectivity index (χ4v) is 10.1. The Bertz CT molecular complexity index is 3300. The lowest BCUT2D eigenvalue weighted by molar-refractivity contribution is -0.158. The van der Waals surface area contributed by atoms with Gasteiger partial charge in [0.25, 0.3) is 5.91 Å². The van der Waals surface area contributed by atoms with Gasteiger partial charge in [0.1, 0.15) is 41.4 Å². The number of aliphatic hydroxyl groups excluding tert-OH is 3. The quantitative estimate of drug-likeness (QED) is 0.0223. The number of nitrogens with one attached hydrogen (secondary N) is 1. The predicted octanol–water partition coefficient (Wildman–Crippen LogP) is 5.48. The molecule has 1 amide bonds. The fourth-order valence-electron chi connectivity index (χ4n) is 10.1. The molecule has 5 N–H and O–H groups in total. The van der Waals surface area contributed by atoms with E-state index in [9.17, 15) is 54.0 Å². The minimum absolute atomic E-state index is 0.00476. The summed E-state index contributed by atoms with van der Waals surface area (Å²) in [6.45, 7) is 19.5. The highest BCUT2D eigenvalue weighted by Gasteiger charge is 2.44. The molecule has 4 aromatic rings. The Morgan fingerprint density at radius 2 is 1.62 bits per heavy atom. The first kappa shape index (κ1) is 57.9. The number of phenolic OH excluding ortho intramolecular Hbond substituents is 1. The van der Waals surface area contributed by atoms with Crippen LogP contribution in [0.3, 0.4) is 0 Å². The number of aromatic nitrogens is 1. The molecule has 3 aromatic carbocycles. The summed E-state index contributed by atoms with van der Waals surface area (Å²) in [6.07, 6.45) is 6.17. The Kier molecular flexibility index (Phi) is 17.7. The number of hydrogen-bond acceptors (Lipinski definition) is 20. The van der Waals surface area contributed by atoms with Crippen LogP contribution in [-0.2, 0) is 42.9 Å². The molecule has 3 aliphatic heterocycles. The molecule has 0 aliphatic carbocycles. The van der Waals surface area contributed by atoms with Crippen molar-refractivity contribution in [3.63, 3.8) is 0 Å². The number of piperazine rings is 1. The van der Waals surface area contributed by atoms with E-state index < -0.39 is 106 Å². The van der Waals surface area contributed by atoms with E-state index in [1.807, 2.05) is 23.6 Å². The Morgan fingerprint density at radius 1 is 0.923 bits per heavy atom. The minimum Gasteiger partial charge on any atom is -0.507 e. The van der Waals surface area contributed by atoms with Gasteiger partial charge >= 0.3 is 17.7 Å². The second kappa shape index (κ2) is 23.9. The Hall–Kier alpha value is -7.78. The van der Waals surface area contributed by atoms with Crippen molar-refractivity contribution in [2.75, 3.05) is 43.2 Å². The number of amides is 1. The predicted molar refractivity (Wildman–Crippen MR) is 288 cm³/mol. The van der Waals surface area contributed by atoms with Gasteiger partial charge in [0.2, 0.25) is 17.7 Å². The maximum Gasteiger partial charge on any atom is 0.308 e. The molecule has 1 fully saturated rings. The van der Waals surface area contributed by atoms with Gasteiger partial charge in [-0.1, -0.05) is 52.8 Å². The topological polar surface area (TPSA) is 291 Å². The van der Waals surface area contributed by atoms with Crippen molar-refractivity contribution in [1.29, 1.82) is 0 Å². The average molecular weight is 1080 g/mol. The molecule has 0 radical (unpaired) electrons. The van der Waals surface area contributed by atoms with Crippen molar-refractivity contribution in [1.82, 2.24) is 9.88 Å². The van der Waals surface area contributed by atoms with Gasteiger partial charge in [0.15, 0.2) is 28.3 Å². The zero-order valence-electron chi connectivity index (χ0n) is 45.2. The molecule has 0 saturated carbocycles. The van der Waals surface area contributed by atoms with Gasteiger partial charge in [-0.05, 0) is 51.2 Å². The van der Waals surface area contributed by atoms with Crippen molar-refractivity contribution < 1.29 is 72.5 Å². The number of nitrogens with zero attached hydrogens (tertiary/aromatic N) is 3. The number of allylic oxidation sites excluding steroid dienone is 3. The number of phenols is 1. The van der Waals surface area contributed by atoms with Gasteiger partial charge in [-0.3, -0.25) is 24.0 Å². The Labute approximate surface area is 449 Å². The number of rotatable bonds is 12. The van der Waals surface area contributed by atoms with Crippen molar-refractivity contribution in [3.8, 4) is 11.5 Å². The lowest BCUT2D eigenvalue weighted by Crippen LogP contribution is -2.46. The van der Waals surface area contributed by atoms with E-state index in [2.05, 4.69) is 11.9 Å². The van der Waals surface area contributed by atoms with Gasteiger partial charge in [-0.25, -0.2) is 4.98 Å². The summed E-state index contributed by atoms with van der Waals surface area (Å²) in [7, 11) is 0. The number of aldehydes is 2. The average Bonchev–Trinajstić information content (AvgIpc) is 3.90. The molecule has 3 aliphatic rings. The van der Waals surface area contributed by atoms with Crippen LogP contribution in [0.5, 0.6) is 11.5 Å². The number of carbonyl (C=O) groups excluding carboxylic acids is 5. The molecule has 5 bridgehead atoms. The van der Waals surface area contributed by atoms with Crippen LogP contribution >= 0.6 is 0 Å². The van der Waals surface area contributed by atoms with Crippen molar-refractivity contribution in [2.24, 2.45) is 35.5 Å². The van der Waals surface area contributed by atoms with Crippen molar-refractivity contribution in [2.45, 2.75) is 106 Å². The van der Waals surface area contributed by atoms with Crippen LogP contribution in [0.25, 0.3) is 38.7 Å². The summed E-state index contributed by atoms with van der Waals surface area (Å²) in [6, 6.07) is 2.94. The third kappa shape index (κ3) is 11.7. The molecule has 78 heavy (non-hydrogen) atoms. The van der Waals surface area contributed by atoms with Gasteiger partial charge in [-0.15, -0.1) is 0 Å². The fraction of sp³-hybridized carbons (Fsp3) is 0.474. The van der Waals surface area contributed by atoms with Gasteiger partial charge in [0.05, 0.1) is 35.0 Å². The number of esters is 2. The molecule has 418 valence electrons. The summed E-state index contributed by atoms with van der Waals surface area (Å²) < 4.78 is 35.5. The van der Waals surface area contributed by atoms with Gasteiger partial charge in [-0.2, -0.15) is 0 Å². The molecule has 21 nitrogen and oxygen atoms in total. The van der Waals surface area contributed by atoms with E-state index in [1.165, 1.54) is 46.1 Å². The summed E-state index contributed by atoms with van der Waals surface area (Å²) in [4.78, 5) is 98.1. The molecule has 1 saturated heterocycles. The maximum absolute atomic E-state index is 15.0. The Morgan fingerprint density at radius 3 is 2.28 bits per heavy atom. The first-order chi connectivity index (χ1) is 36.9. The van der Waals surface area contributed by atoms with Crippen LogP contribution in [0.4, 0.5) is 11.4 Å². The van der Waals surface area contributed by atoms with Crippen LogP contribution in [0, 0.1) is 42.4 Å². The molecule has 7 rings (SSSR count). The number of carbonyl (C=O) groups is 5. The number of aliphatic hydroxyl groups is 3. The molecule has 9 atom stereocenters. The number of aromatic hydroxyl groups is 1. The monoisotopic (exact) mass is 1080 g/mol. The maximum atomic E-state index is 15.0. The van der Waals surface area contributed by atoms with Crippen LogP contribution in [0.1, 0.15) is 80.2 Å². The molecule has 1 aromatic heterocycles. The SMILES string of the molecule is C=C(OCOC(=O)CCCC(C=O)C=O)N1CCN(c2cc(=O)c3nc4c(oc3c2)c2c(=O)c3c(O)c(C)c5c(c34)=C(O)[C@@](C)(O/C=C/[C@H](C)[C@@H](C)[C@@H](OC(C)=O)[C@H](C)[C@H](O)[C@H](C)[C@@H](O)[C@@H](C)/C=C/C=C(/C)C(=O)N2)O5)CC1. The largest absolute Gasteiger partial charge is 0.507 e. The van der Waals surface area contributed by atoms with E-state index in [-0.39, 0.29) is 86.1 Å². The third-order valence-corrected chi connectivity index (χ3v) is 15.3. The van der Waals surface area contributed by atoms with Crippen LogP contribution in [-0.4, -0.2) is 118 Å². The number of ether oxygens (including phenoxy) is 5. The van der Waals surface area contributed by atoms with E-state index in [0.29, 0.717) is 44.4 Å². The van der Waals surface area contributed by atoms with Crippen molar-refractivity contribution >= 4 is 80.5 Å². The van der Waals surface area contributed by atoms with Crippen LogP contribution in [0.15, 0.2) is 74.7 Å². The second-order valence-electron chi connectivity index (χ2n) is 20.7. The highest BCUT2D eigenvalue weighted by atomic mass is 16.7. The summed E-state index contributed by atoms with van der Waals surface area (Å²) >= 11 is 0. The molecule has 4 heterocycles. The highest BCUT2D eigenvalue weighted by Crippen LogP contribution is 2.42. The summed E-state index contributed by atoms with van der Waals surface area (Å²) in [5.74, 6) is -8.30. The second-order valence-corrected chi connectivity index (χ2v) is 20.7. The first-order valence-corrected chi connectivity index (χ1v) is 25.9. The molecule has 0 unspecified atom stereocenters. The van der Waals surface area contributed by atoms with E-state index >= 15 is 0 Å². The first-order valence-electron chi connectivity index (χ1n) is 25.9. The van der Waals surface area contributed by atoms with Crippen LogP contribution in [0.2, 0.25) is 0 Å². The lowest BCUT2D eigenvalue weighted by Gasteiger charge is -2.37. The standard InChI is InChI=1S/C57H68N4O17/c1-28-17-22-75-57(10)55(71)44-42-43(50(69)34(7)53(44)78-57)51(70)47(59-56(72)30(3)14-11-13-29(2)48(67)32(5)49(68)33(6)52(31(28)4)76-36(9)64)54-46(42)58-45-39(65)23-38(24-40(45)77-54)61-20-18-60(19-21-61)35(8)73-27-74-41(66)16-12-15-37(25-62)26-63/h11,13-14,17,22-26,28-29,31-33,37,48-49,52,67-69,71H,8,12,15-16,18-21,27H2,1-7,9-10H3,(H,59,72)/b13-11+,22-17+,30-14-/t28-,29-,31+,32+,33+,48-,49+,52+,57-/m0/s1. The lowest BCUT2D eigenvalue weighted by atomic mass is 9.77. The smallest absolute Gasteiger partial charge is 0.308 e. The highest BCUT2D eigenvalue weighted by molar-refractivity contribution is 6.17. The van der Waals surface area contributed by atoms with Gasteiger partial charge in [0, 0.05) is 98.5 Å². The normalized spacial score (nSPS) is 26.7. The molecule has 0 spiro atoms. The number of anilines is 2. The van der Waals surface area contributed by atoms with E-state index in [1.54, 1.807) is 45.1 Å². The summed E-state index contributed by atoms with van der Waals surface area (Å²) in [5.41, 5.74) is -2.11. The van der Waals surface area contributed by atoms with E-state index in [4.69, 9.17) is 33.1 Å². The zero-order chi connectivity index (χ0) is 57.1. The molecular weight excluding hydrogens is 1010 g/mol. The van der Waals surface area contributed by atoms with Gasteiger partial charge < -0.3 is 73.2 Å².